The lowest BCUT2D eigenvalue weighted by molar-refractivity contribution is -0.113. The molecule has 0 aliphatic carbocycles. The normalized spacial score (nSPS) is 11.2. The molecule has 1 N–H and O–H groups in total. The summed E-state index contributed by atoms with van der Waals surface area (Å²) in [7, 11) is 0. The van der Waals surface area contributed by atoms with Crippen molar-refractivity contribution in [1.29, 1.82) is 0 Å². The molecule has 27 heavy (non-hydrogen) atoms. The molecule has 0 amide bonds. The number of aromatic nitrogens is 1. The number of pyridine rings is 1. The first-order valence-electron chi connectivity index (χ1n) is 7.85. The molecule has 0 unspecified atom stereocenters. The zero-order chi connectivity index (χ0) is 19.6. The van der Waals surface area contributed by atoms with E-state index in [0.29, 0.717) is 31.5 Å². The number of hydrogen-bond acceptors (Lipinski definition) is 3. The third-order valence-corrected chi connectivity index (χ3v) is 4.65. The minimum absolute atomic E-state index is 0.0731. The van der Waals surface area contributed by atoms with Crippen molar-refractivity contribution in [1.82, 2.24) is 4.98 Å². The van der Waals surface area contributed by atoms with Crippen molar-refractivity contribution < 1.29 is 9.59 Å². The Hall–Kier alpha value is -2.40. The van der Waals surface area contributed by atoms with Gasteiger partial charge in [0.05, 0.1) is 12.0 Å². The molecular weight excluding hydrogens is 409 g/mol. The van der Waals surface area contributed by atoms with Crippen LogP contribution in [0.3, 0.4) is 0 Å². The Morgan fingerprint density at radius 2 is 1.67 bits per heavy atom. The summed E-state index contributed by atoms with van der Waals surface area (Å²) in [4.78, 5) is 39.2. The van der Waals surface area contributed by atoms with Crippen LogP contribution in [0.1, 0.15) is 22.3 Å². The van der Waals surface area contributed by atoms with E-state index >= 15 is 0 Å². The maximum Gasteiger partial charge on any atom is 0.259 e. The Morgan fingerprint density at radius 1 is 0.963 bits per heavy atom. The number of carbonyl (C=O) groups is 2. The van der Waals surface area contributed by atoms with Crippen LogP contribution in [0.4, 0.5) is 0 Å². The predicted octanol–water partition coefficient (Wildman–Crippen LogP) is 5.34. The third kappa shape index (κ3) is 4.66. The number of halogens is 3. The zero-order valence-electron chi connectivity index (χ0n) is 13.8. The smallest absolute Gasteiger partial charge is 0.259 e. The number of H-pyrrole nitrogens is 1. The van der Waals surface area contributed by atoms with Crippen LogP contribution in [0.2, 0.25) is 15.1 Å². The minimum Gasteiger partial charge on any atom is -0.321 e. The summed E-state index contributed by atoms with van der Waals surface area (Å²) in [6.07, 6.45) is 2.33. The van der Waals surface area contributed by atoms with Crippen LogP contribution in [-0.4, -0.2) is 16.6 Å². The van der Waals surface area contributed by atoms with E-state index in [2.05, 4.69) is 4.98 Å². The van der Waals surface area contributed by atoms with Gasteiger partial charge >= 0.3 is 0 Å². The zero-order valence-corrected chi connectivity index (χ0v) is 16.0. The molecule has 0 bridgehead atoms. The maximum atomic E-state index is 12.4. The van der Waals surface area contributed by atoms with E-state index in [4.69, 9.17) is 34.8 Å². The van der Waals surface area contributed by atoms with Gasteiger partial charge in [0.2, 0.25) is 0 Å². The summed E-state index contributed by atoms with van der Waals surface area (Å²) in [5.41, 5.74) is 0.485. The Labute approximate surface area is 169 Å². The SMILES string of the molecule is O=C(C=Cc1ccc(Cl)cc1Cl)CC(=O)c1cc2ccc(Cl)cc2[nH]c1=O. The Morgan fingerprint density at radius 3 is 2.41 bits per heavy atom. The van der Waals surface area contributed by atoms with Gasteiger partial charge in [-0.1, -0.05) is 46.9 Å². The molecule has 136 valence electrons. The Kier molecular flexibility index (Phi) is 5.80. The number of aromatic amines is 1. The molecule has 0 fully saturated rings. The molecule has 1 aromatic heterocycles. The first kappa shape index (κ1) is 19.4. The van der Waals surface area contributed by atoms with Crippen molar-refractivity contribution in [3.05, 3.63) is 85.1 Å². The summed E-state index contributed by atoms with van der Waals surface area (Å²) in [6.45, 7) is 0. The van der Waals surface area contributed by atoms with Crippen LogP contribution in [0.5, 0.6) is 0 Å². The van der Waals surface area contributed by atoms with Gasteiger partial charge in [-0.15, -0.1) is 0 Å². The van der Waals surface area contributed by atoms with E-state index in [0.717, 1.165) is 0 Å². The molecule has 2 aromatic carbocycles. The molecule has 0 aliphatic heterocycles. The molecule has 3 aromatic rings. The number of carbonyl (C=O) groups excluding carboxylic acids is 2. The molecule has 0 saturated carbocycles. The molecular formula is C20H12Cl3NO3. The van der Waals surface area contributed by atoms with Crippen LogP contribution in [0.25, 0.3) is 17.0 Å². The van der Waals surface area contributed by atoms with Crippen molar-refractivity contribution in [2.24, 2.45) is 0 Å². The molecule has 3 rings (SSSR count). The second-order valence-corrected chi connectivity index (χ2v) is 7.09. The second kappa shape index (κ2) is 8.09. The average Bonchev–Trinajstić information content (AvgIpc) is 2.60. The highest BCUT2D eigenvalue weighted by Crippen LogP contribution is 2.22. The lowest BCUT2D eigenvalue weighted by atomic mass is 10.0. The Bertz CT molecular complexity index is 1150. The van der Waals surface area contributed by atoms with Crippen LogP contribution in [0.15, 0.2) is 53.3 Å². The number of hydrogen-bond donors (Lipinski definition) is 1. The number of rotatable bonds is 5. The molecule has 0 saturated heterocycles. The average molecular weight is 421 g/mol. The highest BCUT2D eigenvalue weighted by atomic mass is 35.5. The summed E-state index contributed by atoms with van der Waals surface area (Å²) < 4.78 is 0. The predicted molar refractivity (Wildman–Crippen MR) is 109 cm³/mol. The minimum atomic E-state index is -0.565. The highest BCUT2D eigenvalue weighted by Gasteiger charge is 2.15. The summed E-state index contributed by atoms with van der Waals surface area (Å²) in [5, 5.41) is 2.00. The van der Waals surface area contributed by atoms with Gasteiger partial charge < -0.3 is 4.98 Å². The van der Waals surface area contributed by atoms with Gasteiger partial charge in [0.15, 0.2) is 11.6 Å². The molecule has 0 atom stereocenters. The largest absolute Gasteiger partial charge is 0.321 e. The van der Waals surface area contributed by atoms with Crippen molar-refractivity contribution in [3.63, 3.8) is 0 Å². The summed E-state index contributed by atoms with van der Waals surface area (Å²) >= 11 is 17.7. The van der Waals surface area contributed by atoms with E-state index in [1.54, 1.807) is 36.4 Å². The molecule has 1 heterocycles. The summed E-state index contributed by atoms with van der Waals surface area (Å²) in [5.74, 6) is -1.01. The van der Waals surface area contributed by atoms with Crippen LogP contribution >= 0.6 is 34.8 Å². The van der Waals surface area contributed by atoms with E-state index in [1.165, 1.54) is 18.2 Å². The van der Waals surface area contributed by atoms with E-state index in [1.807, 2.05) is 0 Å². The first-order valence-corrected chi connectivity index (χ1v) is 8.98. The van der Waals surface area contributed by atoms with Crippen molar-refractivity contribution in [2.45, 2.75) is 6.42 Å². The topological polar surface area (TPSA) is 67.0 Å². The third-order valence-electron chi connectivity index (χ3n) is 3.85. The number of Topliss-reactive ketones (excluding diaryl/α,β-unsaturated/α-hetero) is 1. The van der Waals surface area contributed by atoms with E-state index in [9.17, 15) is 14.4 Å². The monoisotopic (exact) mass is 419 g/mol. The molecule has 0 aliphatic rings. The number of fused-ring (bicyclic) bond motifs is 1. The Balaban J connectivity index is 1.78. The van der Waals surface area contributed by atoms with Crippen molar-refractivity contribution in [2.75, 3.05) is 0 Å². The van der Waals surface area contributed by atoms with Gasteiger partial charge in [0.1, 0.15) is 0 Å². The molecule has 0 spiro atoms. The van der Waals surface area contributed by atoms with Crippen LogP contribution < -0.4 is 5.56 Å². The fraction of sp³-hybridized carbons (Fsp3) is 0.0500. The van der Waals surface area contributed by atoms with Crippen LogP contribution in [0, 0.1) is 0 Å². The van der Waals surface area contributed by atoms with Gasteiger partial charge in [-0.3, -0.25) is 14.4 Å². The second-order valence-electron chi connectivity index (χ2n) is 5.81. The quantitative estimate of drug-likeness (QED) is 0.344. The van der Waals surface area contributed by atoms with E-state index < -0.39 is 23.5 Å². The van der Waals surface area contributed by atoms with Gasteiger partial charge in [0, 0.05) is 20.6 Å². The lowest BCUT2D eigenvalue weighted by Crippen LogP contribution is -2.19. The number of allylic oxidation sites excluding steroid dienone is 1. The van der Waals surface area contributed by atoms with E-state index in [-0.39, 0.29) is 5.56 Å². The fourth-order valence-corrected chi connectivity index (χ4v) is 3.16. The van der Waals surface area contributed by atoms with Gasteiger partial charge in [-0.2, -0.15) is 0 Å². The number of nitrogens with one attached hydrogen (secondary N) is 1. The molecule has 4 nitrogen and oxygen atoms in total. The number of benzene rings is 2. The van der Waals surface area contributed by atoms with Gasteiger partial charge in [-0.05, 0) is 53.4 Å². The first-order chi connectivity index (χ1) is 12.8. The highest BCUT2D eigenvalue weighted by molar-refractivity contribution is 6.35. The fourth-order valence-electron chi connectivity index (χ4n) is 2.51. The van der Waals surface area contributed by atoms with Gasteiger partial charge in [-0.25, -0.2) is 0 Å². The van der Waals surface area contributed by atoms with Crippen molar-refractivity contribution >= 4 is 63.3 Å². The van der Waals surface area contributed by atoms with Crippen LogP contribution in [-0.2, 0) is 4.79 Å². The number of ketones is 2. The van der Waals surface area contributed by atoms with Crippen molar-refractivity contribution in [3.8, 4) is 0 Å². The summed E-state index contributed by atoms with van der Waals surface area (Å²) in [6, 6.07) is 11.3. The van der Waals surface area contributed by atoms with Gasteiger partial charge in [0.25, 0.3) is 5.56 Å². The maximum absolute atomic E-state index is 12.4. The molecule has 7 heteroatoms. The standard InChI is InChI=1S/C20H12Cl3NO3/c21-13-4-1-11(17(23)8-13)3-6-15(25)10-19(26)16-7-12-2-5-14(22)9-18(12)24-20(16)27/h1-9H,10H2,(H,24,27). The lowest BCUT2D eigenvalue weighted by Gasteiger charge is -2.03. The molecule has 0 radical (unpaired) electrons.